The molecule has 0 aliphatic heterocycles. The number of ether oxygens (including phenoxy) is 4. The fourth-order valence-electron chi connectivity index (χ4n) is 2.59. The van der Waals surface area contributed by atoms with Crippen molar-refractivity contribution in [1.29, 1.82) is 0 Å². The monoisotopic (exact) mass is 416 g/mol. The Morgan fingerprint density at radius 3 is 2.17 bits per heavy atom. The molecule has 0 unspecified atom stereocenters. The van der Waals surface area contributed by atoms with Gasteiger partial charge in [0, 0.05) is 11.3 Å². The van der Waals surface area contributed by atoms with E-state index in [9.17, 15) is 4.79 Å². The summed E-state index contributed by atoms with van der Waals surface area (Å²) >= 11 is 1.39. The minimum atomic E-state index is -0.365. The van der Waals surface area contributed by atoms with Crippen LogP contribution in [0.25, 0.3) is 11.5 Å². The Balaban J connectivity index is 1.73. The SMILES string of the molecule is COC(=O)c1ccc(CSc2nnc(-c3cc(OC)c(OC)c(OC)c3)o2)cc1. The molecular formula is C20H20N2O6S. The van der Waals surface area contributed by atoms with E-state index >= 15 is 0 Å². The van der Waals surface area contributed by atoms with Gasteiger partial charge in [-0.2, -0.15) is 0 Å². The van der Waals surface area contributed by atoms with Crippen LogP contribution in [0.4, 0.5) is 0 Å². The highest BCUT2D eigenvalue weighted by Gasteiger charge is 2.17. The molecule has 2 aromatic carbocycles. The van der Waals surface area contributed by atoms with Crippen molar-refractivity contribution in [3.63, 3.8) is 0 Å². The molecule has 0 saturated heterocycles. The van der Waals surface area contributed by atoms with Crippen molar-refractivity contribution in [2.24, 2.45) is 0 Å². The summed E-state index contributed by atoms with van der Waals surface area (Å²) in [5, 5.41) is 8.60. The second-order valence-corrected chi connectivity index (χ2v) is 6.69. The van der Waals surface area contributed by atoms with Gasteiger partial charge in [-0.1, -0.05) is 23.9 Å². The van der Waals surface area contributed by atoms with Crippen LogP contribution < -0.4 is 14.2 Å². The van der Waals surface area contributed by atoms with Gasteiger partial charge in [-0.15, -0.1) is 10.2 Å². The zero-order valence-electron chi connectivity index (χ0n) is 16.4. The van der Waals surface area contributed by atoms with Gasteiger partial charge in [-0.05, 0) is 29.8 Å². The number of hydrogen-bond acceptors (Lipinski definition) is 9. The van der Waals surface area contributed by atoms with Crippen LogP contribution in [0.3, 0.4) is 0 Å². The number of carbonyl (C=O) groups is 1. The van der Waals surface area contributed by atoms with Gasteiger partial charge >= 0.3 is 5.97 Å². The van der Waals surface area contributed by atoms with E-state index in [0.29, 0.717) is 45.2 Å². The van der Waals surface area contributed by atoms with Crippen LogP contribution in [-0.2, 0) is 10.5 Å². The number of rotatable bonds is 8. The fraction of sp³-hybridized carbons (Fsp3) is 0.250. The van der Waals surface area contributed by atoms with E-state index in [4.69, 9.17) is 23.4 Å². The molecule has 1 heterocycles. The average molecular weight is 416 g/mol. The molecule has 29 heavy (non-hydrogen) atoms. The zero-order valence-corrected chi connectivity index (χ0v) is 17.2. The Labute approximate surface area is 172 Å². The Morgan fingerprint density at radius 1 is 0.966 bits per heavy atom. The Hall–Kier alpha value is -3.20. The van der Waals surface area contributed by atoms with E-state index in [1.54, 1.807) is 45.6 Å². The molecule has 0 bridgehead atoms. The van der Waals surface area contributed by atoms with Gasteiger partial charge in [-0.3, -0.25) is 0 Å². The predicted octanol–water partition coefficient (Wildman–Crippen LogP) is 3.84. The highest BCUT2D eigenvalue weighted by Crippen LogP contribution is 2.41. The third kappa shape index (κ3) is 4.62. The standard InChI is InChI=1S/C20H20N2O6S/c1-24-15-9-14(10-16(25-2)17(15)26-3)18-21-22-20(28-18)29-11-12-5-7-13(8-6-12)19(23)27-4/h5-10H,11H2,1-4H3. The lowest BCUT2D eigenvalue weighted by Crippen LogP contribution is -2.00. The summed E-state index contributed by atoms with van der Waals surface area (Å²) in [5.74, 6) is 2.07. The second-order valence-electron chi connectivity index (χ2n) is 5.76. The summed E-state index contributed by atoms with van der Waals surface area (Å²) in [7, 11) is 5.98. The summed E-state index contributed by atoms with van der Waals surface area (Å²) in [6.07, 6.45) is 0. The molecule has 152 valence electrons. The second kappa shape index (κ2) is 9.33. The zero-order chi connectivity index (χ0) is 20.8. The maximum atomic E-state index is 11.5. The van der Waals surface area contributed by atoms with Gasteiger partial charge < -0.3 is 23.4 Å². The summed E-state index contributed by atoms with van der Waals surface area (Å²) in [5.41, 5.74) is 2.17. The minimum absolute atomic E-state index is 0.341. The van der Waals surface area contributed by atoms with Crippen molar-refractivity contribution < 1.29 is 28.2 Å². The van der Waals surface area contributed by atoms with Gasteiger partial charge in [0.15, 0.2) is 11.5 Å². The fourth-order valence-corrected chi connectivity index (χ4v) is 3.31. The molecule has 0 radical (unpaired) electrons. The molecule has 8 nitrogen and oxygen atoms in total. The lowest BCUT2D eigenvalue weighted by atomic mass is 10.1. The smallest absolute Gasteiger partial charge is 0.337 e. The van der Waals surface area contributed by atoms with Gasteiger partial charge in [0.25, 0.3) is 5.22 Å². The number of hydrogen-bond donors (Lipinski definition) is 0. The third-order valence-electron chi connectivity index (χ3n) is 4.06. The van der Waals surface area contributed by atoms with Crippen molar-refractivity contribution in [2.75, 3.05) is 28.4 Å². The summed E-state index contributed by atoms with van der Waals surface area (Å²) in [4.78, 5) is 11.5. The number of aromatic nitrogens is 2. The molecule has 1 aromatic heterocycles. The quantitative estimate of drug-likeness (QED) is 0.401. The van der Waals surface area contributed by atoms with Crippen LogP contribution in [0.15, 0.2) is 46.0 Å². The van der Waals surface area contributed by atoms with Crippen molar-refractivity contribution in [3.8, 4) is 28.7 Å². The Kier molecular flexibility index (Phi) is 6.61. The maximum Gasteiger partial charge on any atom is 0.337 e. The molecule has 0 aliphatic rings. The van der Waals surface area contributed by atoms with Gasteiger partial charge in [-0.25, -0.2) is 4.79 Å². The molecule has 0 aliphatic carbocycles. The molecule has 0 amide bonds. The van der Waals surface area contributed by atoms with Crippen LogP contribution in [0.5, 0.6) is 17.2 Å². The van der Waals surface area contributed by atoms with E-state index in [0.717, 1.165) is 5.56 Å². The average Bonchev–Trinajstić information content (AvgIpc) is 3.25. The molecule has 0 saturated carbocycles. The molecule has 0 fully saturated rings. The number of esters is 1. The van der Waals surface area contributed by atoms with E-state index in [2.05, 4.69) is 10.2 Å². The van der Waals surface area contributed by atoms with Crippen LogP contribution in [-0.4, -0.2) is 44.6 Å². The highest BCUT2D eigenvalue weighted by atomic mass is 32.2. The highest BCUT2D eigenvalue weighted by molar-refractivity contribution is 7.98. The van der Waals surface area contributed by atoms with Crippen LogP contribution in [0.2, 0.25) is 0 Å². The lowest BCUT2D eigenvalue weighted by molar-refractivity contribution is 0.0600. The van der Waals surface area contributed by atoms with Crippen LogP contribution in [0, 0.1) is 0 Å². The van der Waals surface area contributed by atoms with Crippen LogP contribution in [0.1, 0.15) is 15.9 Å². The number of nitrogens with zero attached hydrogens (tertiary/aromatic N) is 2. The normalized spacial score (nSPS) is 10.5. The molecule has 0 spiro atoms. The van der Waals surface area contributed by atoms with E-state index < -0.39 is 0 Å². The van der Waals surface area contributed by atoms with Crippen molar-refractivity contribution >= 4 is 17.7 Å². The Bertz CT molecular complexity index is 962. The first-order valence-electron chi connectivity index (χ1n) is 8.53. The van der Waals surface area contributed by atoms with E-state index in [-0.39, 0.29) is 5.97 Å². The minimum Gasteiger partial charge on any atom is -0.493 e. The number of methoxy groups -OCH3 is 4. The third-order valence-corrected chi connectivity index (χ3v) is 4.95. The summed E-state index contributed by atoms with van der Waals surface area (Å²) in [6, 6.07) is 10.6. The topological polar surface area (TPSA) is 92.9 Å². The number of thioether (sulfide) groups is 1. The van der Waals surface area contributed by atoms with Gasteiger partial charge in [0.1, 0.15) is 0 Å². The Morgan fingerprint density at radius 2 is 1.62 bits per heavy atom. The van der Waals surface area contributed by atoms with Crippen molar-refractivity contribution in [3.05, 3.63) is 47.5 Å². The maximum absolute atomic E-state index is 11.5. The molecule has 3 rings (SSSR count). The van der Waals surface area contributed by atoms with E-state index in [1.165, 1.54) is 18.9 Å². The number of carbonyl (C=O) groups excluding carboxylic acids is 1. The first-order chi connectivity index (χ1) is 14.1. The number of benzene rings is 2. The van der Waals surface area contributed by atoms with Gasteiger partial charge in [0.05, 0.1) is 34.0 Å². The predicted molar refractivity (Wildman–Crippen MR) is 107 cm³/mol. The largest absolute Gasteiger partial charge is 0.493 e. The van der Waals surface area contributed by atoms with Gasteiger partial charge in [0.2, 0.25) is 11.6 Å². The van der Waals surface area contributed by atoms with E-state index in [1.807, 2.05) is 12.1 Å². The van der Waals surface area contributed by atoms with Crippen molar-refractivity contribution in [2.45, 2.75) is 11.0 Å². The molecule has 3 aromatic rings. The summed E-state index contributed by atoms with van der Waals surface area (Å²) in [6.45, 7) is 0. The molecular weight excluding hydrogens is 396 g/mol. The lowest BCUT2D eigenvalue weighted by Gasteiger charge is -2.12. The molecule has 0 atom stereocenters. The van der Waals surface area contributed by atoms with Crippen molar-refractivity contribution in [1.82, 2.24) is 10.2 Å². The molecule has 0 N–H and O–H groups in total. The van der Waals surface area contributed by atoms with Crippen LogP contribution >= 0.6 is 11.8 Å². The first kappa shape index (κ1) is 20.5. The first-order valence-corrected chi connectivity index (χ1v) is 9.52. The molecule has 9 heteroatoms. The summed E-state index contributed by atoms with van der Waals surface area (Å²) < 4.78 is 26.5.